The number of Topliss-reactive ketones (excluding diaryl/α,β-unsaturated/α-hetero) is 1. The Morgan fingerprint density at radius 3 is 2.75 bits per heavy atom. The van der Waals surface area contributed by atoms with Crippen LogP contribution in [-0.4, -0.2) is 5.78 Å². The Labute approximate surface area is 97.2 Å². The van der Waals surface area contributed by atoms with Crippen LogP contribution < -0.4 is 0 Å². The summed E-state index contributed by atoms with van der Waals surface area (Å²) in [6, 6.07) is 9.58. The molecule has 0 amide bonds. The molecule has 1 aromatic carbocycles. The largest absolute Gasteiger partial charge is 0.294 e. The summed E-state index contributed by atoms with van der Waals surface area (Å²) in [5.41, 5.74) is 2.24. The monoisotopic (exact) mass is 213 g/mol. The number of hydrogen-bond acceptors (Lipinski definition) is 1. The summed E-state index contributed by atoms with van der Waals surface area (Å²) in [7, 11) is 0. The number of benzene rings is 1. The van der Waals surface area contributed by atoms with Gasteiger partial charge in [-0.25, -0.2) is 0 Å². The van der Waals surface area contributed by atoms with Gasteiger partial charge in [0.2, 0.25) is 0 Å². The van der Waals surface area contributed by atoms with Crippen LogP contribution in [0, 0.1) is 12.8 Å². The van der Waals surface area contributed by atoms with E-state index in [4.69, 9.17) is 0 Å². The van der Waals surface area contributed by atoms with Crippen molar-refractivity contribution in [3.8, 4) is 0 Å². The molecule has 16 heavy (non-hydrogen) atoms. The highest BCUT2D eigenvalue weighted by Crippen LogP contribution is 2.29. The van der Waals surface area contributed by atoms with Crippen molar-refractivity contribution < 1.29 is 4.79 Å². The molecule has 83 valence electrons. The molecule has 1 nitrogen and oxygen atoms in total. The number of rotatable bonds is 4. The molecule has 0 saturated heterocycles. The number of carbonyl (C=O) groups is 1. The maximum absolute atomic E-state index is 12.1. The number of hydrogen-bond donors (Lipinski definition) is 0. The highest BCUT2D eigenvalue weighted by Gasteiger charge is 2.22. The van der Waals surface area contributed by atoms with E-state index in [9.17, 15) is 4.79 Å². The molecule has 0 bridgehead atoms. The molecule has 1 heteroatoms. The molecule has 0 N–H and O–H groups in total. The van der Waals surface area contributed by atoms with Crippen molar-refractivity contribution in [2.45, 2.75) is 25.7 Å². The van der Waals surface area contributed by atoms with Crippen molar-refractivity contribution in [2.24, 2.45) is 5.92 Å². The molecule has 0 fully saturated rings. The number of carbonyl (C=O) groups excluding carboxylic acids is 1. The summed E-state index contributed by atoms with van der Waals surface area (Å²) < 4.78 is 0. The second-order valence-corrected chi connectivity index (χ2v) is 4.30. The summed E-state index contributed by atoms with van der Waals surface area (Å²) in [6.07, 6.45) is 6.17. The van der Waals surface area contributed by atoms with E-state index in [1.54, 1.807) is 0 Å². The minimum absolute atomic E-state index is 0.101. The van der Waals surface area contributed by atoms with Crippen LogP contribution in [0.4, 0.5) is 0 Å². The van der Waals surface area contributed by atoms with Crippen molar-refractivity contribution >= 4 is 5.78 Å². The van der Waals surface area contributed by atoms with Gasteiger partial charge in [-0.2, -0.15) is 0 Å². The average Bonchev–Trinajstić information content (AvgIpc) is 2.78. The van der Waals surface area contributed by atoms with Gasteiger partial charge in [-0.1, -0.05) is 48.9 Å². The van der Waals surface area contributed by atoms with Gasteiger partial charge in [-0.3, -0.25) is 4.79 Å². The lowest BCUT2D eigenvalue weighted by molar-refractivity contribution is 0.0944. The molecule has 1 atom stereocenters. The zero-order valence-corrected chi connectivity index (χ0v) is 9.49. The van der Waals surface area contributed by atoms with E-state index >= 15 is 0 Å². The van der Waals surface area contributed by atoms with E-state index in [0.717, 1.165) is 31.2 Å². The summed E-state index contributed by atoms with van der Waals surface area (Å²) in [6.45, 7) is 3.85. The van der Waals surface area contributed by atoms with Crippen LogP contribution in [0.15, 0.2) is 42.0 Å². The van der Waals surface area contributed by atoms with Gasteiger partial charge >= 0.3 is 0 Å². The fraction of sp³-hybridized carbons (Fsp3) is 0.333. The van der Waals surface area contributed by atoms with Gasteiger partial charge in [0.25, 0.3) is 0 Å². The molecule has 2 rings (SSSR count). The first-order valence-electron chi connectivity index (χ1n) is 5.89. The van der Waals surface area contributed by atoms with Gasteiger partial charge in [-0.15, -0.1) is 0 Å². The first-order valence-corrected chi connectivity index (χ1v) is 5.89. The lowest BCUT2D eigenvalue weighted by Crippen LogP contribution is -2.09. The third-order valence-electron chi connectivity index (χ3n) is 3.11. The molecule has 0 spiro atoms. The van der Waals surface area contributed by atoms with Crippen LogP contribution in [0.2, 0.25) is 0 Å². The highest BCUT2D eigenvalue weighted by atomic mass is 16.1. The average molecular weight is 213 g/mol. The molecule has 0 aromatic heterocycles. The fourth-order valence-electron chi connectivity index (χ4n) is 2.25. The van der Waals surface area contributed by atoms with Crippen LogP contribution in [0.3, 0.4) is 0 Å². The molecule has 1 aliphatic rings. The molecular formula is C15H17O. The second-order valence-electron chi connectivity index (χ2n) is 4.30. The quantitative estimate of drug-likeness (QED) is 0.549. The van der Waals surface area contributed by atoms with E-state index in [-0.39, 0.29) is 11.7 Å². The minimum atomic E-state index is 0.101. The van der Waals surface area contributed by atoms with Gasteiger partial charge in [0, 0.05) is 11.5 Å². The topological polar surface area (TPSA) is 17.1 Å². The molecule has 1 unspecified atom stereocenters. The van der Waals surface area contributed by atoms with Crippen molar-refractivity contribution in [2.75, 3.05) is 0 Å². The van der Waals surface area contributed by atoms with E-state index in [1.807, 2.05) is 30.3 Å². The molecule has 1 radical (unpaired) electrons. The van der Waals surface area contributed by atoms with Crippen molar-refractivity contribution in [3.63, 3.8) is 0 Å². The predicted molar refractivity (Wildman–Crippen MR) is 66.2 cm³/mol. The summed E-state index contributed by atoms with van der Waals surface area (Å²) in [5.74, 6) is 0.364. The van der Waals surface area contributed by atoms with Crippen molar-refractivity contribution in [1.82, 2.24) is 0 Å². The third kappa shape index (κ3) is 2.41. The van der Waals surface area contributed by atoms with Gasteiger partial charge in [0.15, 0.2) is 5.78 Å². The first kappa shape index (κ1) is 11.1. The van der Waals surface area contributed by atoms with Gasteiger partial charge in [-0.05, 0) is 25.7 Å². The minimum Gasteiger partial charge on any atom is -0.294 e. The van der Waals surface area contributed by atoms with Crippen LogP contribution in [0.1, 0.15) is 36.0 Å². The van der Waals surface area contributed by atoms with Crippen molar-refractivity contribution in [1.29, 1.82) is 0 Å². The van der Waals surface area contributed by atoms with E-state index in [0.29, 0.717) is 0 Å². The maximum atomic E-state index is 12.1. The lowest BCUT2D eigenvalue weighted by Gasteiger charge is -2.05. The summed E-state index contributed by atoms with van der Waals surface area (Å²) in [5, 5.41) is 0. The second kappa shape index (κ2) is 5.11. The maximum Gasteiger partial charge on any atom is 0.169 e. The lowest BCUT2D eigenvalue weighted by atomic mass is 9.97. The predicted octanol–water partition coefficient (Wildman–Crippen LogP) is 3.82. The number of allylic oxidation sites excluding steroid dienone is 2. The fourth-order valence-corrected chi connectivity index (χ4v) is 2.25. The Hall–Kier alpha value is -1.37. The molecule has 0 heterocycles. The summed E-state index contributed by atoms with van der Waals surface area (Å²) in [4.78, 5) is 12.1. The van der Waals surface area contributed by atoms with Gasteiger partial charge in [0.05, 0.1) is 0 Å². The van der Waals surface area contributed by atoms with Crippen LogP contribution in [0.25, 0.3) is 0 Å². The van der Waals surface area contributed by atoms with Gasteiger partial charge < -0.3 is 0 Å². The normalized spacial score (nSPS) is 19.6. The highest BCUT2D eigenvalue weighted by molar-refractivity contribution is 5.99. The molecular weight excluding hydrogens is 196 g/mol. The standard InChI is InChI=1S/C15H17O/c1-2-6-12-9-10-14(11-12)15(16)13-7-4-3-5-8-13/h3-5,7-8,11,14H,1-2,6,9-10H2. The Balaban J connectivity index is 2.07. The number of ketones is 1. The zero-order valence-electron chi connectivity index (χ0n) is 9.49. The van der Waals surface area contributed by atoms with E-state index in [2.05, 4.69) is 13.0 Å². The summed E-state index contributed by atoms with van der Waals surface area (Å²) >= 11 is 0. The van der Waals surface area contributed by atoms with Gasteiger partial charge in [0.1, 0.15) is 0 Å². The zero-order chi connectivity index (χ0) is 11.4. The van der Waals surface area contributed by atoms with Crippen molar-refractivity contribution in [3.05, 3.63) is 54.5 Å². The van der Waals surface area contributed by atoms with E-state index in [1.165, 1.54) is 5.57 Å². The smallest absolute Gasteiger partial charge is 0.169 e. The molecule has 0 saturated carbocycles. The Morgan fingerprint density at radius 1 is 1.31 bits per heavy atom. The Bertz CT molecular complexity index is 389. The van der Waals surface area contributed by atoms with Crippen LogP contribution in [-0.2, 0) is 0 Å². The Morgan fingerprint density at radius 2 is 2.06 bits per heavy atom. The SMILES string of the molecule is [CH2]CCC1=CC(C(=O)c2ccccc2)CC1. The Kier molecular flexibility index (Phi) is 3.55. The molecule has 0 aliphatic heterocycles. The van der Waals surface area contributed by atoms with Crippen LogP contribution in [0.5, 0.6) is 0 Å². The molecule has 1 aliphatic carbocycles. The molecule has 1 aromatic rings. The third-order valence-corrected chi connectivity index (χ3v) is 3.11. The van der Waals surface area contributed by atoms with Crippen LogP contribution >= 0.6 is 0 Å². The van der Waals surface area contributed by atoms with E-state index < -0.39 is 0 Å². The first-order chi connectivity index (χ1) is 7.81.